The van der Waals surface area contributed by atoms with Crippen molar-refractivity contribution in [3.8, 4) is 0 Å². The second kappa shape index (κ2) is 9.18. The van der Waals surface area contributed by atoms with Gasteiger partial charge in [0.15, 0.2) is 0 Å². The molecule has 1 heterocycles. The van der Waals surface area contributed by atoms with Gasteiger partial charge in [0.25, 0.3) is 0 Å². The zero-order chi connectivity index (χ0) is 17.6. The Kier molecular flexibility index (Phi) is 7.54. The number of alkyl halides is 2. The lowest BCUT2D eigenvalue weighted by atomic mass is 10.2. The molecule has 0 aromatic heterocycles. The highest BCUT2D eigenvalue weighted by atomic mass is 35.5. The number of hydrogen-bond donors (Lipinski definition) is 0. The summed E-state index contributed by atoms with van der Waals surface area (Å²) in [6, 6.07) is 8.76. The predicted molar refractivity (Wildman–Crippen MR) is 94.4 cm³/mol. The fourth-order valence-corrected chi connectivity index (χ4v) is 5.78. The van der Waals surface area contributed by atoms with Crippen LogP contribution in [-0.4, -0.2) is 59.9 Å². The van der Waals surface area contributed by atoms with Gasteiger partial charge in [-0.2, -0.15) is 4.67 Å². The Labute approximate surface area is 152 Å². The number of nitrogens with zero attached hydrogens (tertiary/aromatic N) is 2. The van der Waals surface area contributed by atoms with Gasteiger partial charge >= 0.3 is 13.6 Å². The number of halogens is 2. The second-order valence-corrected chi connectivity index (χ2v) is 8.31. The highest BCUT2D eigenvalue weighted by Crippen LogP contribution is 2.60. The molecular formula is C15H21Cl2N2O4P. The van der Waals surface area contributed by atoms with E-state index in [4.69, 9.17) is 32.5 Å². The van der Waals surface area contributed by atoms with E-state index in [0.29, 0.717) is 19.6 Å². The lowest BCUT2D eigenvalue weighted by molar-refractivity contribution is -0.145. The third-order valence-corrected chi connectivity index (χ3v) is 6.80. The molecule has 0 aliphatic carbocycles. The molecule has 1 aromatic rings. The molecule has 24 heavy (non-hydrogen) atoms. The van der Waals surface area contributed by atoms with Crippen molar-refractivity contribution >= 4 is 36.8 Å². The maximum absolute atomic E-state index is 13.6. The Morgan fingerprint density at radius 3 is 2.50 bits per heavy atom. The number of benzene rings is 1. The van der Waals surface area contributed by atoms with E-state index in [2.05, 4.69) is 0 Å². The molecule has 0 spiro atoms. The minimum atomic E-state index is -3.42. The van der Waals surface area contributed by atoms with Gasteiger partial charge in [-0.15, -0.1) is 23.2 Å². The van der Waals surface area contributed by atoms with Crippen LogP contribution in [-0.2, 0) is 25.2 Å². The summed E-state index contributed by atoms with van der Waals surface area (Å²) in [4.78, 5) is 12.1. The molecule has 9 heteroatoms. The third-order valence-electron chi connectivity index (χ3n) is 3.79. The number of methoxy groups -OCH3 is 1. The lowest BCUT2D eigenvalue weighted by Crippen LogP contribution is -2.40. The Morgan fingerprint density at radius 1 is 1.33 bits per heavy atom. The van der Waals surface area contributed by atoms with Gasteiger partial charge in [-0.25, -0.2) is 4.67 Å². The van der Waals surface area contributed by atoms with E-state index < -0.39 is 19.7 Å². The van der Waals surface area contributed by atoms with Gasteiger partial charge in [-0.1, -0.05) is 30.3 Å². The molecule has 0 bridgehead atoms. The second-order valence-electron chi connectivity index (χ2n) is 5.24. The van der Waals surface area contributed by atoms with Gasteiger partial charge in [0, 0.05) is 31.4 Å². The van der Waals surface area contributed by atoms with Crippen LogP contribution in [0.1, 0.15) is 5.56 Å². The molecule has 1 saturated heterocycles. The summed E-state index contributed by atoms with van der Waals surface area (Å²) >= 11 is 11.7. The Bertz CT molecular complexity index is 584. The summed E-state index contributed by atoms with van der Waals surface area (Å²) in [5.74, 6) is 0.0962. The largest absolute Gasteiger partial charge is 0.468 e. The van der Waals surface area contributed by atoms with E-state index >= 15 is 0 Å². The molecule has 1 aromatic carbocycles. The fraction of sp³-hybridized carbons (Fsp3) is 0.533. The number of hydrogen-bond acceptors (Lipinski definition) is 4. The molecule has 0 N–H and O–H groups in total. The molecule has 0 amide bonds. The minimum absolute atomic E-state index is 0.0118. The van der Waals surface area contributed by atoms with E-state index in [0.717, 1.165) is 5.56 Å². The van der Waals surface area contributed by atoms with Crippen molar-refractivity contribution in [1.82, 2.24) is 9.34 Å². The van der Waals surface area contributed by atoms with E-state index in [1.165, 1.54) is 7.11 Å². The van der Waals surface area contributed by atoms with Crippen LogP contribution in [0.3, 0.4) is 0 Å². The van der Waals surface area contributed by atoms with Crippen LogP contribution in [0.25, 0.3) is 0 Å². The predicted octanol–water partition coefficient (Wildman–Crippen LogP) is 2.95. The molecular weight excluding hydrogens is 374 g/mol. The number of carbonyl (C=O) groups excluding carboxylic acids is 1. The first kappa shape index (κ1) is 19.7. The fourth-order valence-electron chi connectivity index (χ4n) is 2.60. The maximum atomic E-state index is 13.6. The summed E-state index contributed by atoms with van der Waals surface area (Å²) in [6.45, 7) is 1.02. The van der Waals surface area contributed by atoms with Crippen LogP contribution in [0.2, 0.25) is 0 Å². The zero-order valence-corrected chi connectivity index (χ0v) is 15.8. The average Bonchev–Trinajstić information content (AvgIpc) is 2.93. The van der Waals surface area contributed by atoms with Gasteiger partial charge in [-0.05, 0) is 5.56 Å². The van der Waals surface area contributed by atoms with Crippen LogP contribution in [0, 0.1) is 0 Å². The maximum Gasteiger partial charge on any atom is 0.347 e. The van der Waals surface area contributed by atoms with Crippen molar-refractivity contribution in [3.05, 3.63) is 35.9 Å². The van der Waals surface area contributed by atoms with E-state index in [1.54, 1.807) is 9.34 Å². The van der Waals surface area contributed by atoms with Crippen LogP contribution in [0.15, 0.2) is 30.3 Å². The summed E-state index contributed by atoms with van der Waals surface area (Å²) in [6.07, 6.45) is 0. The summed E-state index contributed by atoms with van der Waals surface area (Å²) in [5, 5.41) is 0. The van der Waals surface area contributed by atoms with E-state index in [-0.39, 0.29) is 18.4 Å². The van der Waals surface area contributed by atoms with Gasteiger partial charge in [-0.3, -0.25) is 9.36 Å². The summed E-state index contributed by atoms with van der Waals surface area (Å²) in [7, 11) is -2.11. The van der Waals surface area contributed by atoms with Crippen LogP contribution < -0.4 is 0 Å². The normalized spacial score (nSPS) is 24.4. The molecule has 1 aliphatic rings. The highest BCUT2D eigenvalue weighted by molar-refractivity contribution is 7.54. The standard InChI is InChI=1S/C15H21Cl2N2O4P/c1-22-15(20)14-12-23-24(21,18(9-7-16)10-8-17)19(14)11-13-5-3-2-4-6-13/h2-6,14H,7-12H2,1H3/t14-,24-/m1/s1. The van der Waals surface area contributed by atoms with Crippen molar-refractivity contribution in [2.45, 2.75) is 12.6 Å². The quantitative estimate of drug-likeness (QED) is 0.383. The topological polar surface area (TPSA) is 59.1 Å². The van der Waals surface area contributed by atoms with Crippen molar-refractivity contribution in [3.63, 3.8) is 0 Å². The van der Waals surface area contributed by atoms with E-state index in [9.17, 15) is 9.36 Å². The van der Waals surface area contributed by atoms with Crippen LogP contribution in [0.4, 0.5) is 0 Å². The Hall–Kier alpha value is -0.620. The van der Waals surface area contributed by atoms with Crippen LogP contribution >= 0.6 is 30.9 Å². The molecule has 6 nitrogen and oxygen atoms in total. The van der Waals surface area contributed by atoms with Crippen molar-refractivity contribution in [1.29, 1.82) is 0 Å². The highest BCUT2D eigenvalue weighted by Gasteiger charge is 2.51. The monoisotopic (exact) mass is 394 g/mol. The van der Waals surface area contributed by atoms with Gasteiger partial charge in [0.1, 0.15) is 6.04 Å². The average molecular weight is 395 g/mol. The molecule has 0 unspecified atom stereocenters. The van der Waals surface area contributed by atoms with Gasteiger partial charge < -0.3 is 9.26 Å². The summed E-state index contributed by atoms with van der Waals surface area (Å²) < 4.78 is 27.2. The Balaban J connectivity index is 2.33. The molecule has 134 valence electrons. The van der Waals surface area contributed by atoms with Crippen molar-refractivity contribution in [2.75, 3.05) is 38.6 Å². The Morgan fingerprint density at radius 2 is 1.96 bits per heavy atom. The number of esters is 1. The van der Waals surface area contributed by atoms with Crippen LogP contribution in [0.5, 0.6) is 0 Å². The first-order chi connectivity index (χ1) is 11.6. The van der Waals surface area contributed by atoms with Crippen molar-refractivity contribution in [2.24, 2.45) is 0 Å². The molecule has 0 radical (unpaired) electrons. The number of carbonyl (C=O) groups is 1. The smallest absolute Gasteiger partial charge is 0.347 e. The lowest BCUT2D eigenvalue weighted by Gasteiger charge is -2.33. The number of ether oxygens (including phenoxy) is 1. The molecule has 0 saturated carbocycles. The third kappa shape index (κ3) is 4.31. The first-order valence-electron chi connectivity index (χ1n) is 7.57. The van der Waals surface area contributed by atoms with Gasteiger partial charge in [0.05, 0.1) is 13.7 Å². The minimum Gasteiger partial charge on any atom is -0.468 e. The van der Waals surface area contributed by atoms with E-state index in [1.807, 2.05) is 30.3 Å². The SMILES string of the molecule is COC(=O)[C@H]1CO[P@](=O)(N(CCCl)CCCl)N1Cc1ccccc1. The molecule has 2 rings (SSSR count). The molecule has 1 aliphatic heterocycles. The van der Waals surface area contributed by atoms with Crippen molar-refractivity contribution < 1.29 is 18.6 Å². The zero-order valence-electron chi connectivity index (χ0n) is 13.4. The first-order valence-corrected chi connectivity index (χ1v) is 10.2. The molecule has 1 fully saturated rings. The summed E-state index contributed by atoms with van der Waals surface area (Å²) in [5.41, 5.74) is 0.925. The van der Waals surface area contributed by atoms with Gasteiger partial charge in [0.2, 0.25) is 0 Å². The molecule has 2 atom stereocenters. The number of rotatable bonds is 8.